The second-order valence-electron chi connectivity index (χ2n) is 7.31. The Labute approximate surface area is 170 Å². The number of aromatic nitrogens is 1. The maximum Gasteiger partial charge on any atom is 0.240 e. The standard InChI is InChI=1S/C23H25N3O3/c1-28-18-9-7-17(8-10-18)13-19(24)23(27)26-12-11-21-20(15-26)25-22(29-21)14-16-5-3-2-4-6-16/h2-10,19H,11-15,24H2,1H3/t19-/m0/s1. The molecule has 1 aliphatic heterocycles. The molecule has 1 atom stereocenters. The summed E-state index contributed by atoms with van der Waals surface area (Å²) >= 11 is 0. The third-order valence-electron chi connectivity index (χ3n) is 5.21. The number of methoxy groups -OCH3 is 1. The summed E-state index contributed by atoms with van der Waals surface area (Å²) in [5, 5.41) is 0. The van der Waals surface area contributed by atoms with E-state index in [1.165, 1.54) is 0 Å². The van der Waals surface area contributed by atoms with Crippen LogP contribution in [0.5, 0.6) is 5.75 Å². The van der Waals surface area contributed by atoms with Crippen LogP contribution in [0.2, 0.25) is 0 Å². The smallest absolute Gasteiger partial charge is 0.240 e. The number of hydrogen-bond acceptors (Lipinski definition) is 5. The summed E-state index contributed by atoms with van der Waals surface area (Å²) < 4.78 is 11.1. The highest BCUT2D eigenvalue weighted by Gasteiger charge is 2.28. The Bertz CT molecular complexity index is 967. The van der Waals surface area contributed by atoms with Gasteiger partial charge in [0.2, 0.25) is 5.91 Å². The van der Waals surface area contributed by atoms with E-state index < -0.39 is 6.04 Å². The van der Waals surface area contributed by atoms with E-state index in [2.05, 4.69) is 17.1 Å². The van der Waals surface area contributed by atoms with Gasteiger partial charge >= 0.3 is 0 Å². The zero-order valence-corrected chi connectivity index (χ0v) is 16.5. The zero-order chi connectivity index (χ0) is 20.2. The molecule has 1 aromatic heterocycles. The summed E-state index contributed by atoms with van der Waals surface area (Å²) in [5.74, 6) is 2.30. The fourth-order valence-corrected chi connectivity index (χ4v) is 3.62. The monoisotopic (exact) mass is 391 g/mol. The minimum absolute atomic E-state index is 0.0564. The van der Waals surface area contributed by atoms with Crippen molar-refractivity contribution in [1.82, 2.24) is 9.88 Å². The first-order chi connectivity index (χ1) is 14.1. The van der Waals surface area contributed by atoms with Crippen LogP contribution >= 0.6 is 0 Å². The number of hydrogen-bond donors (Lipinski definition) is 1. The molecule has 0 unspecified atom stereocenters. The molecule has 4 rings (SSSR count). The van der Waals surface area contributed by atoms with Crippen molar-refractivity contribution in [2.45, 2.75) is 31.8 Å². The number of benzene rings is 2. The van der Waals surface area contributed by atoms with E-state index in [1.807, 2.05) is 42.5 Å². The van der Waals surface area contributed by atoms with Gasteiger partial charge in [-0.05, 0) is 29.7 Å². The van der Waals surface area contributed by atoms with E-state index in [4.69, 9.17) is 14.9 Å². The molecule has 0 saturated carbocycles. The number of nitrogens with zero attached hydrogens (tertiary/aromatic N) is 2. The van der Waals surface area contributed by atoms with Gasteiger partial charge in [-0.15, -0.1) is 0 Å². The van der Waals surface area contributed by atoms with Crippen LogP contribution < -0.4 is 10.5 Å². The lowest BCUT2D eigenvalue weighted by Gasteiger charge is -2.28. The van der Waals surface area contributed by atoms with Crippen molar-refractivity contribution in [2.24, 2.45) is 5.73 Å². The van der Waals surface area contributed by atoms with Crippen LogP contribution in [-0.4, -0.2) is 35.5 Å². The molecule has 0 aliphatic carbocycles. The van der Waals surface area contributed by atoms with Crippen LogP contribution in [0.1, 0.15) is 28.5 Å². The fraction of sp³-hybridized carbons (Fsp3) is 0.304. The summed E-state index contributed by atoms with van der Waals surface area (Å²) in [6.45, 7) is 1.05. The number of carbonyl (C=O) groups is 1. The Morgan fingerprint density at radius 2 is 1.93 bits per heavy atom. The Balaban J connectivity index is 1.38. The molecule has 1 aliphatic rings. The van der Waals surface area contributed by atoms with Crippen LogP contribution in [-0.2, 0) is 30.6 Å². The van der Waals surface area contributed by atoms with Crippen molar-refractivity contribution in [1.29, 1.82) is 0 Å². The maximum absolute atomic E-state index is 12.9. The molecular formula is C23H25N3O3. The highest BCUT2D eigenvalue weighted by molar-refractivity contribution is 5.82. The van der Waals surface area contributed by atoms with Crippen molar-refractivity contribution < 1.29 is 13.9 Å². The summed E-state index contributed by atoms with van der Waals surface area (Å²) in [6, 6.07) is 17.2. The second-order valence-corrected chi connectivity index (χ2v) is 7.31. The number of rotatable bonds is 6. The predicted molar refractivity (Wildman–Crippen MR) is 110 cm³/mol. The molecule has 3 aromatic rings. The third kappa shape index (κ3) is 4.49. The van der Waals surface area contributed by atoms with E-state index in [0.717, 1.165) is 28.3 Å². The molecular weight excluding hydrogens is 366 g/mol. The lowest BCUT2D eigenvalue weighted by Crippen LogP contribution is -2.46. The van der Waals surface area contributed by atoms with Crippen LogP contribution in [0.25, 0.3) is 0 Å². The molecule has 6 nitrogen and oxygen atoms in total. The van der Waals surface area contributed by atoms with Crippen molar-refractivity contribution in [3.05, 3.63) is 83.1 Å². The van der Waals surface area contributed by atoms with E-state index in [0.29, 0.717) is 38.2 Å². The average molecular weight is 391 g/mol. The normalized spacial score (nSPS) is 14.3. The first-order valence-corrected chi connectivity index (χ1v) is 9.81. The van der Waals surface area contributed by atoms with Crippen molar-refractivity contribution in [3.8, 4) is 5.75 Å². The van der Waals surface area contributed by atoms with Gasteiger partial charge in [0.05, 0.1) is 19.7 Å². The first kappa shape index (κ1) is 19.2. The summed E-state index contributed by atoms with van der Waals surface area (Å²) in [5.41, 5.74) is 9.22. The molecule has 150 valence electrons. The van der Waals surface area contributed by atoms with Gasteiger partial charge in [0.25, 0.3) is 0 Å². The molecule has 1 amide bonds. The van der Waals surface area contributed by atoms with E-state index >= 15 is 0 Å². The minimum atomic E-state index is -0.583. The van der Waals surface area contributed by atoms with Gasteiger partial charge in [0.1, 0.15) is 17.2 Å². The topological polar surface area (TPSA) is 81.6 Å². The van der Waals surface area contributed by atoms with Crippen molar-refractivity contribution in [2.75, 3.05) is 13.7 Å². The average Bonchev–Trinajstić information content (AvgIpc) is 3.15. The zero-order valence-electron chi connectivity index (χ0n) is 16.5. The number of nitrogens with two attached hydrogens (primary N) is 1. The number of ether oxygens (including phenoxy) is 1. The summed E-state index contributed by atoms with van der Waals surface area (Å²) in [7, 11) is 1.63. The molecule has 0 saturated heterocycles. The van der Waals surface area contributed by atoms with Gasteiger partial charge in [-0.1, -0.05) is 42.5 Å². The first-order valence-electron chi connectivity index (χ1n) is 9.81. The summed E-state index contributed by atoms with van der Waals surface area (Å²) in [4.78, 5) is 19.3. The second kappa shape index (κ2) is 8.49. The van der Waals surface area contributed by atoms with Crippen LogP contribution in [0, 0.1) is 0 Å². The molecule has 0 fully saturated rings. The SMILES string of the molecule is COc1ccc(C[C@H](N)C(=O)N2CCc3oc(Cc4ccccc4)nc3C2)cc1. The Kier molecular flexibility index (Phi) is 5.62. The van der Waals surface area contributed by atoms with Gasteiger partial charge in [-0.25, -0.2) is 4.98 Å². The minimum Gasteiger partial charge on any atom is -0.497 e. The van der Waals surface area contributed by atoms with E-state index in [1.54, 1.807) is 12.0 Å². The number of oxazole rings is 1. The number of fused-ring (bicyclic) bond motifs is 1. The number of carbonyl (C=O) groups excluding carboxylic acids is 1. The van der Waals surface area contributed by atoms with Gasteiger partial charge in [0.15, 0.2) is 5.89 Å². The molecule has 2 N–H and O–H groups in total. The van der Waals surface area contributed by atoms with Crippen molar-refractivity contribution in [3.63, 3.8) is 0 Å². The molecule has 2 heterocycles. The molecule has 0 radical (unpaired) electrons. The Hall–Kier alpha value is -3.12. The van der Waals surface area contributed by atoms with Crippen LogP contribution in [0.3, 0.4) is 0 Å². The molecule has 0 bridgehead atoms. The van der Waals surface area contributed by atoms with Crippen LogP contribution in [0.4, 0.5) is 0 Å². The Morgan fingerprint density at radius 3 is 2.66 bits per heavy atom. The molecule has 6 heteroatoms. The largest absolute Gasteiger partial charge is 0.497 e. The van der Waals surface area contributed by atoms with Crippen molar-refractivity contribution >= 4 is 5.91 Å². The lowest BCUT2D eigenvalue weighted by atomic mass is 10.0. The quantitative estimate of drug-likeness (QED) is 0.699. The highest BCUT2D eigenvalue weighted by Crippen LogP contribution is 2.22. The van der Waals surface area contributed by atoms with Gasteiger partial charge in [0, 0.05) is 19.4 Å². The van der Waals surface area contributed by atoms with Gasteiger partial charge in [-0.3, -0.25) is 4.79 Å². The lowest BCUT2D eigenvalue weighted by molar-refractivity contribution is -0.133. The molecule has 2 aromatic carbocycles. The Morgan fingerprint density at radius 1 is 1.17 bits per heavy atom. The van der Waals surface area contributed by atoms with E-state index in [-0.39, 0.29) is 5.91 Å². The molecule has 29 heavy (non-hydrogen) atoms. The predicted octanol–water partition coefficient (Wildman–Crippen LogP) is 2.73. The maximum atomic E-state index is 12.9. The van der Waals surface area contributed by atoms with Gasteiger partial charge in [-0.2, -0.15) is 0 Å². The third-order valence-corrected chi connectivity index (χ3v) is 5.21. The highest BCUT2D eigenvalue weighted by atomic mass is 16.5. The van der Waals surface area contributed by atoms with Crippen LogP contribution in [0.15, 0.2) is 59.0 Å². The fourth-order valence-electron chi connectivity index (χ4n) is 3.62. The van der Waals surface area contributed by atoms with Gasteiger partial charge < -0.3 is 19.8 Å². The summed E-state index contributed by atoms with van der Waals surface area (Å²) in [6.07, 6.45) is 1.81. The number of amides is 1. The molecule has 0 spiro atoms. The van der Waals surface area contributed by atoms with E-state index in [9.17, 15) is 4.79 Å².